The van der Waals surface area contributed by atoms with E-state index in [1.54, 1.807) is 11.8 Å². The first-order chi connectivity index (χ1) is 7.90. The fourth-order valence-corrected chi connectivity index (χ4v) is 2.30. The van der Waals surface area contributed by atoms with Gasteiger partial charge in [-0.05, 0) is 25.1 Å². The van der Waals surface area contributed by atoms with Crippen molar-refractivity contribution in [2.75, 3.05) is 18.8 Å². The Morgan fingerprint density at radius 3 is 3.00 bits per heavy atom. The van der Waals surface area contributed by atoms with E-state index in [1.165, 1.54) is 6.42 Å². The maximum atomic E-state index is 4.51. The van der Waals surface area contributed by atoms with Gasteiger partial charge in [-0.15, -0.1) is 0 Å². The van der Waals surface area contributed by atoms with Crippen molar-refractivity contribution in [1.82, 2.24) is 15.3 Å². The summed E-state index contributed by atoms with van der Waals surface area (Å²) >= 11 is 1.77. The van der Waals surface area contributed by atoms with Crippen molar-refractivity contribution in [2.45, 2.75) is 18.5 Å². The molecule has 0 fully saturated rings. The molecule has 86 valence electrons. The molecule has 0 aliphatic carbocycles. The Balaban J connectivity index is 1.85. The summed E-state index contributed by atoms with van der Waals surface area (Å²) in [6, 6.07) is 8.13. The highest BCUT2D eigenvalue weighted by Crippen LogP contribution is 2.18. The third-order valence-electron chi connectivity index (χ3n) is 2.31. The van der Waals surface area contributed by atoms with Gasteiger partial charge in [0.1, 0.15) is 0 Å². The Morgan fingerprint density at radius 1 is 1.31 bits per heavy atom. The average molecular weight is 235 g/mol. The molecule has 2 N–H and O–H groups in total. The minimum Gasteiger partial charge on any atom is -0.333 e. The van der Waals surface area contributed by atoms with Crippen LogP contribution in [0.2, 0.25) is 0 Å². The highest BCUT2D eigenvalue weighted by atomic mass is 32.2. The molecular formula is C12H17N3S. The van der Waals surface area contributed by atoms with Crippen molar-refractivity contribution >= 4 is 22.8 Å². The van der Waals surface area contributed by atoms with E-state index in [2.05, 4.69) is 28.3 Å². The number of hydrogen-bond acceptors (Lipinski definition) is 3. The van der Waals surface area contributed by atoms with Gasteiger partial charge in [-0.3, -0.25) is 0 Å². The predicted molar refractivity (Wildman–Crippen MR) is 70.0 cm³/mol. The summed E-state index contributed by atoms with van der Waals surface area (Å²) in [5.41, 5.74) is 2.16. The number of para-hydroxylation sites is 2. The molecule has 0 atom stereocenters. The van der Waals surface area contributed by atoms with E-state index >= 15 is 0 Å². The minimum absolute atomic E-state index is 1.01. The number of fused-ring (bicyclic) bond motifs is 1. The lowest BCUT2D eigenvalue weighted by Gasteiger charge is -2.00. The van der Waals surface area contributed by atoms with Gasteiger partial charge in [0.25, 0.3) is 0 Å². The highest BCUT2D eigenvalue weighted by molar-refractivity contribution is 7.99. The van der Waals surface area contributed by atoms with Gasteiger partial charge in [0.05, 0.1) is 11.0 Å². The molecule has 0 bridgehead atoms. The zero-order valence-corrected chi connectivity index (χ0v) is 10.3. The van der Waals surface area contributed by atoms with E-state index in [-0.39, 0.29) is 0 Å². The van der Waals surface area contributed by atoms with Crippen LogP contribution in [-0.2, 0) is 0 Å². The van der Waals surface area contributed by atoms with Crippen LogP contribution in [0.3, 0.4) is 0 Å². The number of aromatic nitrogens is 2. The van der Waals surface area contributed by atoms with Crippen LogP contribution in [0.5, 0.6) is 0 Å². The summed E-state index contributed by atoms with van der Waals surface area (Å²) in [6.07, 6.45) is 1.19. The van der Waals surface area contributed by atoms with Gasteiger partial charge in [-0.25, -0.2) is 4.98 Å². The summed E-state index contributed by atoms with van der Waals surface area (Å²) in [5, 5.41) is 4.39. The third kappa shape index (κ3) is 3.00. The van der Waals surface area contributed by atoms with Crippen molar-refractivity contribution in [1.29, 1.82) is 0 Å². The van der Waals surface area contributed by atoms with Crippen LogP contribution < -0.4 is 5.32 Å². The number of hydrogen-bond donors (Lipinski definition) is 2. The van der Waals surface area contributed by atoms with Crippen molar-refractivity contribution in [3.05, 3.63) is 24.3 Å². The molecule has 0 unspecified atom stereocenters. The average Bonchev–Trinajstić information content (AvgIpc) is 2.71. The second-order valence-corrected chi connectivity index (χ2v) is 4.74. The van der Waals surface area contributed by atoms with Crippen LogP contribution in [0.1, 0.15) is 13.3 Å². The molecule has 0 radical (unpaired) electrons. The maximum Gasteiger partial charge on any atom is 0.166 e. The fourth-order valence-electron chi connectivity index (χ4n) is 1.52. The van der Waals surface area contributed by atoms with E-state index in [9.17, 15) is 0 Å². The molecule has 16 heavy (non-hydrogen) atoms. The lowest BCUT2D eigenvalue weighted by atomic mass is 10.3. The Kier molecular flexibility index (Phi) is 4.25. The van der Waals surface area contributed by atoms with Crippen LogP contribution in [0, 0.1) is 0 Å². The zero-order chi connectivity index (χ0) is 11.2. The molecular weight excluding hydrogens is 218 g/mol. The second kappa shape index (κ2) is 5.92. The maximum absolute atomic E-state index is 4.51. The number of rotatable bonds is 6. The Hall–Kier alpha value is -1.00. The Morgan fingerprint density at radius 2 is 2.19 bits per heavy atom. The van der Waals surface area contributed by atoms with Crippen LogP contribution in [0.4, 0.5) is 0 Å². The van der Waals surface area contributed by atoms with E-state index < -0.39 is 0 Å². The quantitative estimate of drug-likeness (QED) is 0.597. The van der Waals surface area contributed by atoms with Gasteiger partial charge < -0.3 is 10.3 Å². The number of benzene rings is 1. The number of nitrogens with zero attached hydrogens (tertiary/aromatic N) is 1. The number of aromatic amines is 1. The largest absolute Gasteiger partial charge is 0.333 e. The molecule has 1 aromatic heterocycles. The van der Waals surface area contributed by atoms with Crippen LogP contribution in [0.15, 0.2) is 29.4 Å². The fraction of sp³-hybridized carbons (Fsp3) is 0.417. The molecule has 4 heteroatoms. The van der Waals surface area contributed by atoms with E-state index in [4.69, 9.17) is 0 Å². The van der Waals surface area contributed by atoms with Gasteiger partial charge in [0.15, 0.2) is 5.16 Å². The summed E-state index contributed by atoms with van der Waals surface area (Å²) in [4.78, 5) is 7.82. The number of imidazole rings is 1. The zero-order valence-electron chi connectivity index (χ0n) is 9.49. The molecule has 1 heterocycles. The van der Waals surface area contributed by atoms with Crippen LogP contribution in [-0.4, -0.2) is 28.8 Å². The predicted octanol–water partition coefficient (Wildman–Crippen LogP) is 2.65. The van der Waals surface area contributed by atoms with Crippen molar-refractivity contribution in [3.8, 4) is 0 Å². The molecule has 3 nitrogen and oxygen atoms in total. The van der Waals surface area contributed by atoms with E-state index in [0.29, 0.717) is 0 Å². The van der Waals surface area contributed by atoms with Gasteiger partial charge in [0.2, 0.25) is 0 Å². The lowest BCUT2D eigenvalue weighted by Crippen LogP contribution is -2.17. The third-order valence-corrected chi connectivity index (χ3v) is 3.19. The first kappa shape index (κ1) is 11.5. The summed E-state index contributed by atoms with van der Waals surface area (Å²) < 4.78 is 0. The summed E-state index contributed by atoms with van der Waals surface area (Å²) in [6.45, 7) is 4.32. The van der Waals surface area contributed by atoms with Gasteiger partial charge >= 0.3 is 0 Å². The highest BCUT2D eigenvalue weighted by Gasteiger charge is 2.01. The topological polar surface area (TPSA) is 40.7 Å². The van der Waals surface area contributed by atoms with Gasteiger partial charge in [-0.2, -0.15) is 0 Å². The second-order valence-electron chi connectivity index (χ2n) is 3.66. The molecule has 0 aliphatic rings. The molecule has 0 spiro atoms. The minimum atomic E-state index is 1.01. The standard InChI is InChI=1S/C12H17N3S/c1-2-7-13-8-9-16-12-14-10-5-3-4-6-11(10)15-12/h3-6,13H,2,7-9H2,1H3,(H,14,15). The van der Waals surface area contributed by atoms with Crippen LogP contribution >= 0.6 is 11.8 Å². The molecule has 0 saturated heterocycles. The smallest absolute Gasteiger partial charge is 0.166 e. The van der Waals surface area contributed by atoms with Crippen molar-refractivity contribution in [2.24, 2.45) is 0 Å². The van der Waals surface area contributed by atoms with E-state index in [0.717, 1.165) is 35.0 Å². The summed E-state index contributed by atoms with van der Waals surface area (Å²) in [5.74, 6) is 1.06. The number of nitrogens with one attached hydrogen (secondary N) is 2. The lowest BCUT2D eigenvalue weighted by molar-refractivity contribution is 0.707. The molecule has 0 saturated carbocycles. The van der Waals surface area contributed by atoms with Gasteiger partial charge in [-0.1, -0.05) is 30.8 Å². The normalized spacial score (nSPS) is 11.1. The molecule has 0 amide bonds. The van der Waals surface area contributed by atoms with Crippen molar-refractivity contribution < 1.29 is 0 Å². The summed E-state index contributed by atoms with van der Waals surface area (Å²) in [7, 11) is 0. The molecule has 2 aromatic rings. The Labute approximate surface area is 100 Å². The van der Waals surface area contributed by atoms with Crippen LogP contribution in [0.25, 0.3) is 11.0 Å². The SMILES string of the molecule is CCCNCCSc1nc2ccccc2[nH]1. The first-order valence-electron chi connectivity index (χ1n) is 5.68. The van der Waals surface area contributed by atoms with Gasteiger partial charge in [0, 0.05) is 12.3 Å². The van der Waals surface area contributed by atoms with Crippen molar-refractivity contribution in [3.63, 3.8) is 0 Å². The Bertz CT molecular complexity index is 406. The first-order valence-corrected chi connectivity index (χ1v) is 6.67. The molecule has 0 aliphatic heterocycles. The molecule has 2 rings (SSSR count). The number of thioether (sulfide) groups is 1. The van der Waals surface area contributed by atoms with E-state index in [1.807, 2.05) is 18.2 Å². The molecule has 1 aromatic carbocycles. The number of H-pyrrole nitrogens is 1. The monoisotopic (exact) mass is 235 g/mol.